The highest BCUT2D eigenvalue weighted by atomic mass is 79.9. The molecular formula is C14H12BrF3N2. The molecule has 0 radical (unpaired) electrons. The first kappa shape index (κ1) is 15.0. The first-order valence-corrected chi connectivity index (χ1v) is 6.65. The topological polar surface area (TPSA) is 38.0 Å². The highest BCUT2D eigenvalue weighted by Gasteiger charge is 2.17. The monoisotopic (exact) mass is 344 g/mol. The van der Waals surface area contributed by atoms with Gasteiger partial charge in [-0.05, 0) is 42.3 Å². The second-order valence-corrected chi connectivity index (χ2v) is 5.24. The van der Waals surface area contributed by atoms with E-state index in [2.05, 4.69) is 21.4 Å². The minimum atomic E-state index is -0.652. The lowest BCUT2D eigenvalue weighted by Gasteiger charge is -2.17. The second kappa shape index (κ2) is 6.39. The van der Waals surface area contributed by atoms with Gasteiger partial charge in [-0.25, -0.2) is 13.2 Å². The van der Waals surface area contributed by atoms with Crippen molar-refractivity contribution in [3.63, 3.8) is 0 Å². The van der Waals surface area contributed by atoms with Gasteiger partial charge in [-0.3, -0.25) is 11.3 Å². The van der Waals surface area contributed by atoms with Crippen LogP contribution in [0.15, 0.2) is 40.9 Å². The minimum absolute atomic E-state index is 0.0229. The summed E-state index contributed by atoms with van der Waals surface area (Å²) >= 11 is 3.17. The Kier molecular flexibility index (Phi) is 4.80. The molecule has 0 amide bonds. The number of hydrogen-bond acceptors (Lipinski definition) is 2. The lowest BCUT2D eigenvalue weighted by Crippen LogP contribution is -2.30. The van der Waals surface area contributed by atoms with Crippen LogP contribution in [0.3, 0.4) is 0 Å². The van der Waals surface area contributed by atoms with Crippen molar-refractivity contribution in [1.82, 2.24) is 5.43 Å². The number of hydrogen-bond donors (Lipinski definition) is 2. The maximum Gasteiger partial charge on any atom is 0.129 e. The molecule has 2 aromatic carbocycles. The summed E-state index contributed by atoms with van der Waals surface area (Å²) in [6.07, 6.45) is -0.0229. The van der Waals surface area contributed by atoms with Gasteiger partial charge in [-0.15, -0.1) is 0 Å². The molecule has 1 atom stereocenters. The Morgan fingerprint density at radius 3 is 2.30 bits per heavy atom. The summed E-state index contributed by atoms with van der Waals surface area (Å²) in [5.41, 5.74) is 2.87. The first-order valence-electron chi connectivity index (χ1n) is 5.86. The lowest BCUT2D eigenvalue weighted by molar-refractivity contribution is 0.497. The van der Waals surface area contributed by atoms with Gasteiger partial charge in [0.1, 0.15) is 17.5 Å². The maximum absolute atomic E-state index is 13.6. The van der Waals surface area contributed by atoms with E-state index in [-0.39, 0.29) is 12.0 Å². The molecule has 0 heterocycles. The third-order valence-electron chi connectivity index (χ3n) is 2.96. The molecule has 6 heteroatoms. The van der Waals surface area contributed by atoms with E-state index in [0.29, 0.717) is 10.0 Å². The van der Waals surface area contributed by atoms with Crippen LogP contribution in [0.4, 0.5) is 13.2 Å². The fraction of sp³-hybridized carbons (Fsp3) is 0.143. The van der Waals surface area contributed by atoms with Gasteiger partial charge < -0.3 is 0 Å². The van der Waals surface area contributed by atoms with Crippen LogP contribution < -0.4 is 11.3 Å². The Morgan fingerprint density at radius 1 is 1.10 bits per heavy atom. The van der Waals surface area contributed by atoms with Crippen LogP contribution >= 0.6 is 15.9 Å². The number of hydrazine groups is 1. The number of nitrogens with two attached hydrogens (primary N) is 1. The third-order valence-corrected chi connectivity index (χ3v) is 3.42. The van der Waals surface area contributed by atoms with Crippen molar-refractivity contribution >= 4 is 15.9 Å². The van der Waals surface area contributed by atoms with Crippen LogP contribution in [0.1, 0.15) is 17.2 Å². The molecule has 1 unspecified atom stereocenters. The van der Waals surface area contributed by atoms with E-state index in [1.165, 1.54) is 30.3 Å². The van der Waals surface area contributed by atoms with Crippen LogP contribution in [0, 0.1) is 17.5 Å². The number of rotatable bonds is 4. The molecule has 0 saturated heterocycles. The zero-order valence-electron chi connectivity index (χ0n) is 10.3. The van der Waals surface area contributed by atoms with Gasteiger partial charge in [0, 0.05) is 10.0 Å². The summed E-state index contributed by atoms with van der Waals surface area (Å²) in [6, 6.07) is 7.24. The molecule has 0 aliphatic rings. The Bertz CT molecular complexity index is 579. The molecule has 0 bridgehead atoms. The Balaban J connectivity index is 2.33. The average Bonchev–Trinajstić information content (AvgIpc) is 2.37. The standard InChI is InChI=1S/C14H12BrF3N2/c15-9-4-8(5-10(16)6-9)14(20-19)7-11-12(17)2-1-3-13(11)18/h1-6,14,20H,7,19H2. The molecule has 2 rings (SSSR count). The summed E-state index contributed by atoms with van der Waals surface area (Å²) in [7, 11) is 0. The average molecular weight is 345 g/mol. The predicted octanol–water partition coefficient (Wildman–Crippen LogP) is 3.61. The summed E-state index contributed by atoms with van der Waals surface area (Å²) in [6.45, 7) is 0. The van der Waals surface area contributed by atoms with Crippen molar-refractivity contribution in [1.29, 1.82) is 0 Å². The van der Waals surface area contributed by atoms with Crippen molar-refractivity contribution in [2.45, 2.75) is 12.5 Å². The van der Waals surface area contributed by atoms with Gasteiger partial charge in [0.15, 0.2) is 0 Å². The van der Waals surface area contributed by atoms with Crippen LogP contribution in [0.25, 0.3) is 0 Å². The fourth-order valence-electron chi connectivity index (χ4n) is 1.98. The lowest BCUT2D eigenvalue weighted by atomic mass is 9.98. The summed E-state index contributed by atoms with van der Waals surface area (Å²) in [5, 5.41) is 0. The molecule has 0 aliphatic carbocycles. The van der Waals surface area contributed by atoms with Crippen LogP contribution in [-0.4, -0.2) is 0 Å². The number of benzene rings is 2. The van der Waals surface area contributed by atoms with Crippen molar-refractivity contribution in [2.24, 2.45) is 5.84 Å². The normalized spacial score (nSPS) is 12.4. The van der Waals surface area contributed by atoms with Crippen LogP contribution in [0.2, 0.25) is 0 Å². The Hall–Kier alpha value is -1.37. The van der Waals surface area contributed by atoms with Crippen molar-refractivity contribution in [3.05, 3.63) is 69.4 Å². The van der Waals surface area contributed by atoms with E-state index < -0.39 is 23.5 Å². The van der Waals surface area contributed by atoms with Gasteiger partial charge in [0.2, 0.25) is 0 Å². The molecule has 2 aromatic rings. The minimum Gasteiger partial charge on any atom is -0.271 e. The molecule has 0 saturated carbocycles. The SMILES string of the molecule is NNC(Cc1c(F)cccc1F)c1cc(F)cc(Br)c1. The van der Waals surface area contributed by atoms with E-state index in [0.717, 1.165) is 0 Å². The number of nitrogens with one attached hydrogen (secondary N) is 1. The highest BCUT2D eigenvalue weighted by Crippen LogP contribution is 2.25. The summed E-state index contributed by atoms with van der Waals surface area (Å²) < 4.78 is 41.2. The van der Waals surface area contributed by atoms with Crippen LogP contribution in [0.5, 0.6) is 0 Å². The second-order valence-electron chi connectivity index (χ2n) is 4.33. The molecule has 0 aromatic heterocycles. The Labute approximate surface area is 122 Å². The van der Waals surface area contributed by atoms with Crippen molar-refractivity contribution in [3.8, 4) is 0 Å². The van der Waals surface area contributed by atoms with Gasteiger partial charge in [0.05, 0.1) is 6.04 Å². The zero-order chi connectivity index (χ0) is 14.7. The molecule has 2 nitrogen and oxygen atoms in total. The zero-order valence-corrected chi connectivity index (χ0v) is 11.9. The maximum atomic E-state index is 13.6. The van der Waals surface area contributed by atoms with Gasteiger partial charge in [-0.2, -0.15) is 0 Å². The summed E-state index contributed by atoms with van der Waals surface area (Å²) in [4.78, 5) is 0. The molecular weight excluding hydrogens is 333 g/mol. The van der Waals surface area contributed by atoms with Gasteiger partial charge >= 0.3 is 0 Å². The van der Waals surface area contributed by atoms with E-state index in [4.69, 9.17) is 5.84 Å². The third kappa shape index (κ3) is 3.39. The largest absolute Gasteiger partial charge is 0.271 e. The molecule has 106 valence electrons. The van der Waals surface area contributed by atoms with Gasteiger partial charge in [-0.1, -0.05) is 22.0 Å². The molecule has 0 spiro atoms. The molecule has 20 heavy (non-hydrogen) atoms. The van der Waals surface area contributed by atoms with Crippen LogP contribution in [-0.2, 0) is 6.42 Å². The highest BCUT2D eigenvalue weighted by molar-refractivity contribution is 9.10. The first-order chi connectivity index (χ1) is 9.51. The predicted molar refractivity (Wildman–Crippen MR) is 74.2 cm³/mol. The van der Waals surface area contributed by atoms with Gasteiger partial charge in [0.25, 0.3) is 0 Å². The molecule has 3 N–H and O–H groups in total. The van der Waals surface area contributed by atoms with E-state index in [1.54, 1.807) is 6.07 Å². The number of halogens is 4. The quantitative estimate of drug-likeness (QED) is 0.656. The fourth-order valence-corrected chi connectivity index (χ4v) is 2.46. The van der Waals surface area contributed by atoms with E-state index in [9.17, 15) is 13.2 Å². The van der Waals surface area contributed by atoms with E-state index >= 15 is 0 Å². The molecule has 0 fully saturated rings. The Morgan fingerprint density at radius 2 is 1.75 bits per heavy atom. The van der Waals surface area contributed by atoms with Crippen molar-refractivity contribution < 1.29 is 13.2 Å². The molecule has 0 aliphatic heterocycles. The van der Waals surface area contributed by atoms with E-state index in [1.807, 2.05) is 0 Å². The summed E-state index contributed by atoms with van der Waals surface area (Å²) in [5.74, 6) is 3.66. The smallest absolute Gasteiger partial charge is 0.129 e. The van der Waals surface area contributed by atoms with Crippen molar-refractivity contribution in [2.75, 3.05) is 0 Å².